The molecule has 0 unspecified atom stereocenters. The number of amides is 3. The summed E-state index contributed by atoms with van der Waals surface area (Å²) in [5, 5.41) is 10.9. The quantitative estimate of drug-likeness (QED) is 0.424. The molecule has 0 saturated heterocycles. The van der Waals surface area contributed by atoms with Crippen molar-refractivity contribution in [2.75, 3.05) is 13.1 Å². The fourth-order valence-electron chi connectivity index (χ4n) is 3.24. The van der Waals surface area contributed by atoms with Gasteiger partial charge in [-0.3, -0.25) is 29.4 Å². The summed E-state index contributed by atoms with van der Waals surface area (Å²) in [5.41, 5.74) is -0.442. The number of carbonyl (C=O) groups is 3. The molecule has 0 N–H and O–H groups in total. The molecule has 10 nitrogen and oxygen atoms in total. The minimum atomic E-state index is -4.06. The first-order valence-corrected chi connectivity index (χ1v) is 9.48. The number of hydrogen-bond donors (Lipinski definition) is 0. The van der Waals surface area contributed by atoms with Crippen LogP contribution < -0.4 is 0 Å². The number of nitrogens with zero attached hydrogens (tertiary/aromatic N) is 3. The van der Waals surface area contributed by atoms with Gasteiger partial charge in [-0.1, -0.05) is 12.1 Å². The summed E-state index contributed by atoms with van der Waals surface area (Å²) in [5.74, 6) is -2.20. The van der Waals surface area contributed by atoms with Crippen LogP contribution >= 0.6 is 0 Å². The van der Waals surface area contributed by atoms with E-state index in [1.807, 2.05) is 0 Å². The van der Waals surface area contributed by atoms with Crippen molar-refractivity contribution in [3.05, 3.63) is 69.3 Å². The van der Waals surface area contributed by atoms with E-state index >= 15 is 0 Å². The van der Waals surface area contributed by atoms with Crippen LogP contribution in [0.2, 0.25) is 0 Å². The SMILES string of the molecule is O=C1c2ccc([N+](=O)[O-])cc2C(=O)N1CCN1C(=O)c2ccccc2S1(=O)=O. The third-order valence-corrected chi connectivity index (χ3v) is 6.44. The number of hydrogen-bond acceptors (Lipinski definition) is 7. The second-order valence-electron chi connectivity index (χ2n) is 6.13. The molecule has 0 atom stereocenters. The van der Waals surface area contributed by atoms with Crippen LogP contribution in [0.25, 0.3) is 0 Å². The number of benzene rings is 2. The number of rotatable bonds is 4. The van der Waals surface area contributed by atoms with Crippen molar-refractivity contribution in [2.45, 2.75) is 4.90 Å². The summed E-state index contributed by atoms with van der Waals surface area (Å²) in [6.07, 6.45) is 0. The molecule has 11 heteroatoms. The van der Waals surface area contributed by atoms with E-state index in [-0.39, 0.29) is 33.8 Å². The van der Waals surface area contributed by atoms with Crippen molar-refractivity contribution < 1.29 is 27.7 Å². The number of nitro benzene ring substituents is 1. The van der Waals surface area contributed by atoms with E-state index in [2.05, 4.69) is 0 Å². The first kappa shape index (κ1) is 17.8. The van der Waals surface area contributed by atoms with Crippen molar-refractivity contribution in [3.8, 4) is 0 Å². The predicted molar refractivity (Wildman–Crippen MR) is 93.1 cm³/mol. The zero-order valence-corrected chi connectivity index (χ0v) is 14.9. The van der Waals surface area contributed by atoms with Gasteiger partial charge in [0.05, 0.1) is 28.2 Å². The zero-order valence-electron chi connectivity index (χ0n) is 14.1. The van der Waals surface area contributed by atoms with Gasteiger partial charge in [0.2, 0.25) is 0 Å². The molecular formula is C17H11N3O7S. The van der Waals surface area contributed by atoms with Gasteiger partial charge >= 0.3 is 0 Å². The van der Waals surface area contributed by atoms with Crippen molar-refractivity contribution >= 4 is 33.4 Å². The molecule has 28 heavy (non-hydrogen) atoms. The Bertz CT molecular complexity index is 1190. The molecule has 0 aromatic heterocycles. The van der Waals surface area contributed by atoms with E-state index in [9.17, 15) is 32.9 Å². The van der Waals surface area contributed by atoms with Crippen LogP contribution in [0.4, 0.5) is 5.69 Å². The minimum Gasteiger partial charge on any atom is -0.273 e. The fraction of sp³-hybridized carbons (Fsp3) is 0.118. The average molecular weight is 401 g/mol. The molecule has 3 amide bonds. The monoisotopic (exact) mass is 401 g/mol. The lowest BCUT2D eigenvalue weighted by atomic mass is 10.1. The van der Waals surface area contributed by atoms with Gasteiger partial charge in [0, 0.05) is 18.7 Å². The van der Waals surface area contributed by atoms with Crippen molar-refractivity contribution in [1.82, 2.24) is 9.21 Å². The van der Waals surface area contributed by atoms with Crippen LogP contribution in [0, 0.1) is 10.1 Å². The van der Waals surface area contributed by atoms with Gasteiger partial charge in [0.15, 0.2) is 0 Å². The highest BCUT2D eigenvalue weighted by molar-refractivity contribution is 7.90. The van der Waals surface area contributed by atoms with Crippen LogP contribution in [0.3, 0.4) is 0 Å². The lowest BCUT2D eigenvalue weighted by molar-refractivity contribution is -0.384. The van der Waals surface area contributed by atoms with Crippen molar-refractivity contribution in [3.63, 3.8) is 0 Å². The maximum Gasteiger partial charge on any atom is 0.270 e. The predicted octanol–water partition coefficient (Wildman–Crippen LogP) is 1.04. The van der Waals surface area contributed by atoms with Crippen LogP contribution in [0.1, 0.15) is 31.1 Å². The highest BCUT2D eigenvalue weighted by atomic mass is 32.2. The number of sulfonamides is 1. The molecule has 0 aliphatic carbocycles. The van der Waals surface area contributed by atoms with Gasteiger partial charge in [-0.15, -0.1) is 0 Å². The Morgan fingerprint density at radius 2 is 1.54 bits per heavy atom. The summed E-state index contributed by atoms with van der Waals surface area (Å²) >= 11 is 0. The van der Waals surface area contributed by atoms with Crippen LogP contribution in [0.15, 0.2) is 47.4 Å². The highest BCUT2D eigenvalue weighted by Crippen LogP contribution is 2.31. The van der Waals surface area contributed by atoms with Crippen LogP contribution in [-0.4, -0.2) is 53.4 Å². The maximum atomic E-state index is 12.5. The van der Waals surface area contributed by atoms with E-state index in [0.29, 0.717) is 4.31 Å². The number of fused-ring (bicyclic) bond motifs is 2. The molecule has 2 aromatic carbocycles. The third-order valence-electron chi connectivity index (χ3n) is 4.60. The fourth-order valence-corrected chi connectivity index (χ4v) is 4.80. The van der Waals surface area contributed by atoms with E-state index in [1.165, 1.54) is 30.3 Å². The Hall–Kier alpha value is -3.60. The van der Waals surface area contributed by atoms with Crippen molar-refractivity contribution in [1.29, 1.82) is 0 Å². The molecule has 0 radical (unpaired) electrons. The van der Waals surface area contributed by atoms with Crippen LogP contribution in [0.5, 0.6) is 0 Å². The molecule has 2 heterocycles. The maximum absolute atomic E-state index is 12.5. The van der Waals surface area contributed by atoms with E-state index < -0.39 is 39.2 Å². The van der Waals surface area contributed by atoms with E-state index in [4.69, 9.17) is 0 Å². The van der Waals surface area contributed by atoms with Gasteiger partial charge in [-0.05, 0) is 18.2 Å². The number of non-ortho nitro benzene ring substituents is 1. The molecular weight excluding hydrogens is 390 g/mol. The van der Waals surface area contributed by atoms with Gasteiger partial charge in [0.1, 0.15) is 4.90 Å². The smallest absolute Gasteiger partial charge is 0.270 e. The molecule has 0 spiro atoms. The molecule has 0 fully saturated rings. The topological polar surface area (TPSA) is 135 Å². The average Bonchev–Trinajstić information content (AvgIpc) is 3.02. The lowest BCUT2D eigenvalue weighted by Crippen LogP contribution is -2.40. The van der Waals surface area contributed by atoms with E-state index in [0.717, 1.165) is 17.0 Å². The molecule has 4 rings (SSSR count). The van der Waals surface area contributed by atoms with Crippen molar-refractivity contribution in [2.24, 2.45) is 0 Å². The first-order chi connectivity index (χ1) is 13.2. The molecule has 2 aromatic rings. The second kappa shape index (κ2) is 5.96. The van der Waals surface area contributed by atoms with Gasteiger partial charge < -0.3 is 0 Å². The standard InChI is InChI=1S/C17H11N3O7S/c21-15-11-6-5-10(20(24)25)9-13(11)16(22)18(15)7-8-19-17(23)12-3-1-2-4-14(12)28(19,26)27/h1-6,9H,7-8H2. The van der Waals surface area contributed by atoms with Gasteiger partial charge in [-0.2, -0.15) is 0 Å². The largest absolute Gasteiger partial charge is 0.273 e. The summed E-state index contributed by atoms with van der Waals surface area (Å²) < 4.78 is 25.7. The van der Waals surface area contributed by atoms with Gasteiger partial charge in [0.25, 0.3) is 33.4 Å². The molecule has 142 valence electrons. The van der Waals surface area contributed by atoms with E-state index in [1.54, 1.807) is 0 Å². The Morgan fingerprint density at radius 3 is 2.21 bits per heavy atom. The Morgan fingerprint density at radius 1 is 0.857 bits per heavy atom. The lowest BCUT2D eigenvalue weighted by Gasteiger charge is -2.19. The number of imide groups is 1. The molecule has 2 aliphatic rings. The van der Waals surface area contributed by atoms with Gasteiger partial charge in [-0.25, -0.2) is 12.7 Å². The normalized spacial score (nSPS) is 17.1. The summed E-state index contributed by atoms with van der Waals surface area (Å²) in [6.45, 7) is -0.775. The first-order valence-electron chi connectivity index (χ1n) is 8.04. The Balaban J connectivity index is 1.58. The molecule has 0 saturated carbocycles. The molecule has 2 aliphatic heterocycles. The Labute approximate surface area is 158 Å². The number of carbonyl (C=O) groups excluding carboxylic acids is 3. The summed E-state index contributed by atoms with van der Waals surface area (Å²) in [7, 11) is -4.06. The Kier molecular flexibility index (Phi) is 3.79. The molecule has 0 bridgehead atoms. The number of nitro groups is 1. The minimum absolute atomic E-state index is 0.00510. The zero-order chi connectivity index (χ0) is 20.2. The third kappa shape index (κ3) is 2.40. The van der Waals surface area contributed by atoms with Crippen LogP contribution in [-0.2, 0) is 10.0 Å². The summed E-state index contributed by atoms with van der Waals surface area (Å²) in [6, 6.07) is 9.01. The summed E-state index contributed by atoms with van der Waals surface area (Å²) in [4.78, 5) is 48.2. The highest BCUT2D eigenvalue weighted by Gasteiger charge is 2.42. The second-order valence-corrected chi connectivity index (χ2v) is 7.96.